The lowest BCUT2D eigenvalue weighted by Crippen LogP contribution is -2.33. The van der Waals surface area contributed by atoms with Crippen LogP contribution in [0.25, 0.3) is 0 Å². The minimum Gasteiger partial charge on any atom is -0.486 e. The maximum atomic E-state index is 12.4. The fourth-order valence-corrected chi connectivity index (χ4v) is 4.44. The Kier molecular flexibility index (Phi) is 6.87. The van der Waals surface area contributed by atoms with Gasteiger partial charge in [0.25, 0.3) is 0 Å². The third-order valence-corrected chi connectivity index (χ3v) is 6.17. The summed E-state index contributed by atoms with van der Waals surface area (Å²) in [6.07, 6.45) is 1.83. The molecule has 0 aliphatic carbocycles. The lowest BCUT2D eigenvalue weighted by molar-refractivity contribution is -0.121. The first kappa shape index (κ1) is 22.0. The quantitative estimate of drug-likeness (QED) is 0.693. The number of aryl methyl sites for hydroxylation is 1. The highest BCUT2D eigenvalue weighted by Crippen LogP contribution is 2.32. The number of nitrogens with zero attached hydrogens (tertiary/aromatic N) is 1. The number of carbonyl (C=O) groups excluding carboxylic acids is 1. The Bertz CT molecular complexity index is 1010. The van der Waals surface area contributed by atoms with Gasteiger partial charge in [-0.25, -0.2) is 8.42 Å². The highest BCUT2D eigenvalue weighted by molar-refractivity contribution is 7.92. The van der Waals surface area contributed by atoms with Crippen LogP contribution in [0.1, 0.15) is 36.9 Å². The van der Waals surface area contributed by atoms with Crippen LogP contribution in [-0.2, 0) is 14.8 Å². The molecule has 1 atom stereocenters. The standard InChI is InChI=1S/C22H28N2O5S/c1-16-7-4-5-8-19(16)24(30(3,26)27)12-6-9-22(25)23-17(2)18-10-11-20-21(15-18)29-14-13-28-20/h4-5,7-8,10-11,15,17H,6,9,12-14H2,1-3H3,(H,23,25)/t17-/m0/s1. The molecule has 1 aliphatic heterocycles. The number of sulfonamides is 1. The second kappa shape index (κ2) is 9.38. The van der Waals surface area contributed by atoms with Gasteiger partial charge in [0.1, 0.15) is 13.2 Å². The summed E-state index contributed by atoms with van der Waals surface area (Å²) in [7, 11) is -3.44. The number of nitrogens with one attached hydrogen (secondary N) is 1. The maximum Gasteiger partial charge on any atom is 0.232 e. The molecule has 0 aromatic heterocycles. The highest BCUT2D eigenvalue weighted by atomic mass is 32.2. The predicted molar refractivity (Wildman–Crippen MR) is 117 cm³/mol. The molecule has 7 nitrogen and oxygen atoms in total. The Hall–Kier alpha value is -2.74. The molecule has 0 saturated heterocycles. The highest BCUT2D eigenvalue weighted by Gasteiger charge is 2.20. The van der Waals surface area contributed by atoms with Gasteiger partial charge in [0.2, 0.25) is 15.9 Å². The second-order valence-corrected chi connectivity index (χ2v) is 9.32. The van der Waals surface area contributed by atoms with Gasteiger partial charge >= 0.3 is 0 Å². The monoisotopic (exact) mass is 432 g/mol. The lowest BCUT2D eigenvalue weighted by Gasteiger charge is -2.24. The van der Waals surface area contributed by atoms with Gasteiger partial charge in [-0.15, -0.1) is 0 Å². The summed E-state index contributed by atoms with van der Waals surface area (Å²) < 4.78 is 37.0. The fourth-order valence-electron chi connectivity index (χ4n) is 3.42. The summed E-state index contributed by atoms with van der Waals surface area (Å²) in [6, 6.07) is 12.8. The van der Waals surface area contributed by atoms with Crippen LogP contribution in [0, 0.1) is 6.92 Å². The van der Waals surface area contributed by atoms with Gasteiger partial charge in [-0.2, -0.15) is 0 Å². The van der Waals surface area contributed by atoms with Gasteiger partial charge in [-0.05, 0) is 49.6 Å². The molecule has 2 aromatic rings. The van der Waals surface area contributed by atoms with Crippen LogP contribution in [-0.4, -0.2) is 40.3 Å². The van der Waals surface area contributed by atoms with E-state index in [1.807, 2.05) is 50.2 Å². The average Bonchev–Trinajstić information content (AvgIpc) is 2.70. The van der Waals surface area contributed by atoms with Crippen LogP contribution in [0.15, 0.2) is 42.5 Å². The van der Waals surface area contributed by atoms with Gasteiger partial charge in [0.05, 0.1) is 18.0 Å². The smallest absolute Gasteiger partial charge is 0.232 e. The molecule has 1 amide bonds. The third kappa shape index (κ3) is 5.44. The first-order valence-corrected chi connectivity index (χ1v) is 11.8. The zero-order chi connectivity index (χ0) is 21.7. The fraction of sp³-hybridized carbons (Fsp3) is 0.409. The summed E-state index contributed by atoms with van der Waals surface area (Å²) in [5.74, 6) is 1.26. The van der Waals surface area contributed by atoms with Gasteiger partial charge < -0.3 is 14.8 Å². The molecule has 30 heavy (non-hydrogen) atoms. The van der Waals surface area contributed by atoms with E-state index in [4.69, 9.17) is 9.47 Å². The summed E-state index contributed by atoms with van der Waals surface area (Å²) in [6.45, 7) is 5.06. The Morgan fingerprint density at radius 1 is 1.13 bits per heavy atom. The van der Waals surface area contributed by atoms with E-state index in [2.05, 4.69) is 5.32 Å². The molecular formula is C22H28N2O5S. The van der Waals surface area contributed by atoms with E-state index in [9.17, 15) is 13.2 Å². The van der Waals surface area contributed by atoms with Crippen molar-refractivity contribution in [3.8, 4) is 11.5 Å². The minimum absolute atomic E-state index is 0.129. The van der Waals surface area contributed by atoms with E-state index in [1.165, 1.54) is 10.6 Å². The zero-order valence-electron chi connectivity index (χ0n) is 17.6. The first-order valence-electron chi connectivity index (χ1n) is 9.98. The number of para-hydroxylation sites is 1. The Labute approximate surface area is 178 Å². The van der Waals surface area contributed by atoms with Crippen molar-refractivity contribution in [2.75, 3.05) is 30.3 Å². The summed E-state index contributed by atoms with van der Waals surface area (Å²) in [5.41, 5.74) is 2.44. The van der Waals surface area contributed by atoms with Crippen molar-refractivity contribution in [1.29, 1.82) is 0 Å². The van der Waals surface area contributed by atoms with E-state index in [-0.39, 0.29) is 24.9 Å². The molecule has 0 spiro atoms. The molecule has 0 bridgehead atoms. The zero-order valence-corrected chi connectivity index (χ0v) is 18.4. The molecule has 162 valence electrons. The number of amides is 1. The topological polar surface area (TPSA) is 84.9 Å². The molecule has 0 unspecified atom stereocenters. The number of rotatable bonds is 8. The Morgan fingerprint density at radius 3 is 2.53 bits per heavy atom. The second-order valence-electron chi connectivity index (χ2n) is 7.42. The summed E-state index contributed by atoms with van der Waals surface area (Å²) in [5, 5.41) is 2.96. The van der Waals surface area contributed by atoms with Crippen molar-refractivity contribution < 1.29 is 22.7 Å². The number of anilines is 1. The van der Waals surface area contributed by atoms with Crippen LogP contribution in [0.3, 0.4) is 0 Å². The number of fused-ring (bicyclic) bond motifs is 1. The van der Waals surface area contributed by atoms with Crippen molar-refractivity contribution >= 4 is 21.6 Å². The van der Waals surface area contributed by atoms with Gasteiger partial charge in [0.15, 0.2) is 11.5 Å². The maximum absolute atomic E-state index is 12.4. The number of hydrogen-bond donors (Lipinski definition) is 1. The van der Waals surface area contributed by atoms with Crippen molar-refractivity contribution in [1.82, 2.24) is 5.32 Å². The molecule has 0 fully saturated rings. The third-order valence-electron chi connectivity index (χ3n) is 4.99. The Morgan fingerprint density at radius 2 is 1.83 bits per heavy atom. The van der Waals surface area contributed by atoms with E-state index in [0.717, 1.165) is 11.1 Å². The molecule has 8 heteroatoms. The Balaban J connectivity index is 1.56. The van der Waals surface area contributed by atoms with Crippen molar-refractivity contribution in [2.24, 2.45) is 0 Å². The lowest BCUT2D eigenvalue weighted by atomic mass is 10.1. The molecule has 2 aromatic carbocycles. The molecule has 1 aliphatic rings. The molecular weight excluding hydrogens is 404 g/mol. The summed E-state index contributed by atoms with van der Waals surface area (Å²) in [4.78, 5) is 12.4. The summed E-state index contributed by atoms with van der Waals surface area (Å²) >= 11 is 0. The number of benzene rings is 2. The van der Waals surface area contributed by atoms with Gasteiger partial charge in [0, 0.05) is 13.0 Å². The van der Waals surface area contributed by atoms with Crippen LogP contribution in [0.4, 0.5) is 5.69 Å². The molecule has 1 heterocycles. The number of ether oxygens (including phenoxy) is 2. The van der Waals surface area contributed by atoms with E-state index >= 15 is 0 Å². The minimum atomic E-state index is -3.44. The van der Waals surface area contributed by atoms with Gasteiger partial charge in [-0.3, -0.25) is 9.10 Å². The van der Waals surface area contributed by atoms with Crippen LogP contribution in [0.5, 0.6) is 11.5 Å². The normalized spacial score (nSPS) is 14.1. The first-order chi connectivity index (χ1) is 14.3. The number of hydrogen-bond acceptors (Lipinski definition) is 5. The number of carbonyl (C=O) groups is 1. The molecule has 1 N–H and O–H groups in total. The molecule has 0 radical (unpaired) electrons. The van der Waals surface area contributed by atoms with Crippen molar-refractivity contribution in [3.05, 3.63) is 53.6 Å². The average molecular weight is 433 g/mol. The van der Waals surface area contributed by atoms with Crippen LogP contribution in [0.2, 0.25) is 0 Å². The molecule has 0 saturated carbocycles. The van der Waals surface area contributed by atoms with E-state index < -0.39 is 10.0 Å². The predicted octanol–water partition coefficient (Wildman–Crippen LogP) is 3.19. The SMILES string of the molecule is Cc1ccccc1N(CCCC(=O)N[C@@H](C)c1ccc2c(c1)OCCO2)S(C)(=O)=O. The van der Waals surface area contributed by atoms with Crippen molar-refractivity contribution in [3.63, 3.8) is 0 Å². The van der Waals surface area contributed by atoms with E-state index in [1.54, 1.807) is 6.07 Å². The van der Waals surface area contributed by atoms with Crippen LogP contribution >= 0.6 is 0 Å². The van der Waals surface area contributed by atoms with Crippen LogP contribution < -0.4 is 19.1 Å². The van der Waals surface area contributed by atoms with E-state index in [0.29, 0.717) is 36.8 Å². The molecule has 3 rings (SSSR count). The largest absolute Gasteiger partial charge is 0.486 e. The van der Waals surface area contributed by atoms with Gasteiger partial charge in [-0.1, -0.05) is 24.3 Å². The van der Waals surface area contributed by atoms with Crippen molar-refractivity contribution in [2.45, 2.75) is 32.7 Å².